The van der Waals surface area contributed by atoms with Crippen LogP contribution in [-0.4, -0.2) is 54.6 Å². The minimum atomic E-state index is -0.509. The number of benzene rings is 1. The fraction of sp³-hybridized carbons (Fsp3) is 0.241. The van der Waals surface area contributed by atoms with E-state index < -0.39 is 5.24 Å². The van der Waals surface area contributed by atoms with Crippen molar-refractivity contribution in [1.29, 1.82) is 0 Å². The standard InChI is InChI=1S/C26H24N6O2S.C3H3ClO/c1-2-23(33)31-10-9-26(15-31)11-18(12-26)32-20-6-4-3-5-19(20)29-25(32)30-24(34)22-8-7-21(35-22)17-13-27-16-28-14-17;1-2-3(4)5/h2-8,13-14,16,18H,1,9-12,15H2,(H,29,30,34);2H,1H2. The van der Waals surface area contributed by atoms with E-state index in [1.807, 2.05) is 41.3 Å². The summed E-state index contributed by atoms with van der Waals surface area (Å²) in [5.74, 6) is 0.377. The van der Waals surface area contributed by atoms with Crippen molar-refractivity contribution in [1.82, 2.24) is 24.4 Å². The lowest BCUT2D eigenvalue weighted by molar-refractivity contribution is -0.125. The predicted octanol–water partition coefficient (Wildman–Crippen LogP) is 5.48. The van der Waals surface area contributed by atoms with Gasteiger partial charge < -0.3 is 9.47 Å². The van der Waals surface area contributed by atoms with E-state index in [4.69, 9.17) is 16.6 Å². The first kappa shape index (κ1) is 27.4. The van der Waals surface area contributed by atoms with Crippen LogP contribution in [0.15, 0.2) is 80.4 Å². The van der Waals surface area contributed by atoms with Crippen molar-refractivity contribution in [3.63, 3.8) is 0 Å². The number of aromatic nitrogens is 4. The zero-order valence-electron chi connectivity index (χ0n) is 21.6. The number of para-hydroxylation sites is 2. The fourth-order valence-electron chi connectivity index (χ4n) is 5.41. The number of rotatable bonds is 6. The number of allylic oxidation sites excluding steroid dienone is 1. The summed E-state index contributed by atoms with van der Waals surface area (Å²) in [7, 11) is 0. The van der Waals surface area contributed by atoms with Gasteiger partial charge in [-0.1, -0.05) is 25.3 Å². The molecule has 1 saturated carbocycles. The molecule has 9 nitrogen and oxygen atoms in total. The van der Waals surface area contributed by atoms with Crippen LogP contribution in [0.25, 0.3) is 21.5 Å². The number of likely N-dealkylation sites (tertiary alicyclic amines) is 1. The van der Waals surface area contributed by atoms with Crippen LogP contribution >= 0.6 is 22.9 Å². The SMILES string of the molecule is C=CC(=O)Cl.C=CC(=O)N1CCC2(CC(n3c(NC(=O)c4ccc(-c5cncnc5)s4)nc4ccccc43)C2)C1. The smallest absolute Gasteiger partial charge is 0.268 e. The molecule has 1 spiro atoms. The van der Waals surface area contributed by atoms with E-state index in [1.165, 1.54) is 23.7 Å². The summed E-state index contributed by atoms with van der Waals surface area (Å²) in [4.78, 5) is 51.0. The molecule has 1 aliphatic heterocycles. The zero-order valence-corrected chi connectivity index (χ0v) is 23.2. The summed E-state index contributed by atoms with van der Waals surface area (Å²) in [6, 6.07) is 11.9. The highest BCUT2D eigenvalue weighted by Crippen LogP contribution is 2.55. The Balaban J connectivity index is 0.000000595. The summed E-state index contributed by atoms with van der Waals surface area (Å²) in [5.41, 5.74) is 2.88. The molecule has 2 amide bonds. The van der Waals surface area contributed by atoms with Gasteiger partial charge in [0.05, 0.1) is 15.9 Å². The first-order valence-corrected chi connectivity index (χ1v) is 13.9. The molecule has 40 heavy (non-hydrogen) atoms. The first-order valence-electron chi connectivity index (χ1n) is 12.7. The minimum Gasteiger partial charge on any atom is -0.339 e. The van der Waals surface area contributed by atoms with Crippen LogP contribution in [0.2, 0.25) is 0 Å². The Morgan fingerprint density at radius 1 is 1.07 bits per heavy atom. The van der Waals surface area contributed by atoms with E-state index in [9.17, 15) is 14.4 Å². The molecule has 1 N–H and O–H groups in total. The molecule has 6 rings (SSSR count). The third-order valence-corrected chi connectivity index (χ3v) is 8.57. The molecule has 2 aliphatic rings. The summed E-state index contributed by atoms with van der Waals surface area (Å²) < 4.78 is 2.16. The van der Waals surface area contributed by atoms with Gasteiger partial charge in [0.25, 0.3) is 5.91 Å². The van der Waals surface area contributed by atoms with Crippen molar-refractivity contribution < 1.29 is 14.4 Å². The maximum absolute atomic E-state index is 13.2. The van der Waals surface area contributed by atoms with E-state index in [0.717, 1.165) is 59.9 Å². The Hall–Kier alpha value is -4.15. The Morgan fingerprint density at radius 2 is 1.80 bits per heavy atom. The van der Waals surface area contributed by atoms with Crippen LogP contribution in [0, 0.1) is 5.41 Å². The number of hydrogen-bond donors (Lipinski definition) is 1. The number of carbonyl (C=O) groups excluding carboxylic acids is 3. The molecule has 1 aromatic carbocycles. The third kappa shape index (κ3) is 5.59. The second-order valence-electron chi connectivity index (χ2n) is 9.82. The number of carbonyl (C=O) groups is 3. The van der Waals surface area contributed by atoms with E-state index in [2.05, 4.69) is 33.0 Å². The van der Waals surface area contributed by atoms with Gasteiger partial charge in [-0.15, -0.1) is 11.3 Å². The summed E-state index contributed by atoms with van der Waals surface area (Å²) in [6.07, 6.45) is 10.3. The van der Waals surface area contributed by atoms with Gasteiger partial charge in [0, 0.05) is 42.0 Å². The summed E-state index contributed by atoms with van der Waals surface area (Å²) in [5, 5.41) is 2.55. The molecule has 204 valence electrons. The maximum atomic E-state index is 13.2. The van der Waals surface area contributed by atoms with Gasteiger partial charge >= 0.3 is 0 Å². The average molecular weight is 575 g/mol. The van der Waals surface area contributed by atoms with Crippen LogP contribution in [0.1, 0.15) is 35.0 Å². The van der Waals surface area contributed by atoms with Crippen molar-refractivity contribution >= 4 is 57.0 Å². The first-order chi connectivity index (χ1) is 19.3. The summed E-state index contributed by atoms with van der Waals surface area (Å²) >= 11 is 6.11. The molecule has 0 radical (unpaired) electrons. The van der Waals surface area contributed by atoms with Gasteiger partial charge in [-0.2, -0.15) is 0 Å². The van der Waals surface area contributed by atoms with Crippen LogP contribution in [-0.2, 0) is 9.59 Å². The number of nitrogens with one attached hydrogen (secondary N) is 1. The van der Waals surface area contributed by atoms with Crippen molar-refractivity contribution in [2.45, 2.75) is 25.3 Å². The van der Waals surface area contributed by atoms with Crippen molar-refractivity contribution in [2.24, 2.45) is 5.41 Å². The van der Waals surface area contributed by atoms with Gasteiger partial charge in [0.2, 0.25) is 17.1 Å². The van der Waals surface area contributed by atoms with E-state index in [0.29, 0.717) is 10.8 Å². The van der Waals surface area contributed by atoms with Crippen LogP contribution in [0.3, 0.4) is 0 Å². The molecule has 0 unspecified atom stereocenters. The highest BCUT2D eigenvalue weighted by molar-refractivity contribution is 7.17. The topological polar surface area (TPSA) is 110 Å². The highest BCUT2D eigenvalue weighted by atomic mass is 35.5. The zero-order chi connectivity index (χ0) is 28.3. The van der Waals surface area contributed by atoms with Crippen molar-refractivity contribution in [3.8, 4) is 10.4 Å². The van der Waals surface area contributed by atoms with Gasteiger partial charge in [0.15, 0.2) is 0 Å². The number of hydrogen-bond acceptors (Lipinski definition) is 7. The molecule has 0 atom stereocenters. The maximum Gasteiger partial charge on any atom is 0.268 e. The number of fused-ring (bicyclic) bond motifs is 1. The Labute approximate surface area is 240 Å². The largest absolute Gasteiger partial charge is 0.339 e. The second-order valence-corrected chi connectivity index (χ2v) is 11.3. The van der Waals surface area contributed by atoms with Crippen molar-refractivity contribution in [2.75, 3.05) is 18.4 Å². The van der Waals surface area contributed by atoms with Crippen LogP contribution < -0.4 is 5.32 Å². The Kier molecular flexibility index (Phi) is 7.90. The predicted molar refractivity (Wildman–Crippen MR) is 156 cm³/mol. The normalized spacial score (nSPS) is 19.4. The molecule has 4 aromatic rings. The lowest BCUT2D eigenvalue weighted by Crippen LogP contribution is -2.42. The molecule has 4 heterocycles. The quantitative estimate of drug-likeness (QED) is 0.241. The van der Waals surface area contributed by atoms with Crippen LogP contribution in [0.5, 0.6) is 0 Å². The van der Waals surface area contributed by atoms with Crippen molar-refractivity contribution in [3.05, 3.63) is 85.3 Å². The molecule has 2 fully saturated rings. The number of thiophene rings is 1. The van der Waals surface area contributed by atoms with Gasteiger partial charge in [0.1, 0.15) is 6.33 Å². The van der Waals surface area contributed by atoms with E-state index in [1.54, 1.807) is 12.4 Å². The number of anilines is 1. The van der Waals surface area contributed by atoms with Gasteiger partial charge in [-0.3, -0.25) is 19.7 Å². The number of halogens is 1. The monoisotopic (exact) mass is 574 g/mol. The third-order valence-electron chi connectivity index (χ3n) is 7.28. The number of imidazole rings is 1. The minimum absolute atomic E-state index is 0.00346. The molecular formula is C29H27ClN6O3S. The molecule has 3 aromatic heterocycles. The van der Waals surface area contributed by atoms with E-state index >= 15 is 0 Å². The lowest BCUT2D eigenvalue weighted by atomic mass is 9.65. The molecular weight excluding hydrogens is 548 g/mol. The molecule has 1 saturated heterocycles. The molecule has 1 aliphatic carbocycles. The average Bonchev–Trinajstić information content (AvgIpc) is 3.70. The van der Waals surface area contributed by atoms with E-state index in [-0.39, 0.29) is 23.3 Å². The van der Waals surface area contributed by atoms with Gasteiger partial charge in [-0.05, 0) is 72.7 Å². The lowest BCUT2D eigenvalue weighted by Gasteiger charge is -2.46. The highest BCUT2D eigenvalue weighted by Gasteiger charge is 2.50. The molecule has 11 heteroatoms. The number of nitrogens with zero attached hydrogens (tertiary/aromatic N) is 5. The summed E-state index contributed by atoms with van der Waals surface area (Å²) in [6.45, 7) is 8.24. The van der Waals surface area contributed by atoms with Crippen LogP contribution in [0.4, 0.5) is 5.95 Å². The Morgan fingerprint density at radius 3 is 2.50 bits per heavy atom. The second kappa shape index (κ2) is 11.5. The Bertz CT molecular complexity index is 1590. The fourth-order valence-corrected chi connectivity index (χ4v) is 6.29. The molecule has 0 bridgehead atoms. The van der Waals surface area contributed by atoms with Gasteiger partial charge in [-0.25, -0.2) is 15.0 Å². The number of amides is 2.